The van der Waals surface area contributed by atoms with E-state index >= 15 is 0 Å². The second-order valence-corrected chi connectivity index (χ2v) is 5.51. The third kappa shape index (κ3) is 3.26. The molecule has 0 saturated carbocycles. The first-order valence-corrected chi connectivity index (χ1v) is 6.93. The second kappa shape index (κ2) is 7.01. The van der Waals surface area contributed by atoms with Crippen molar-refractivity contribution in [1.82, 2.24) is 0 Å². The van der Waals surface area contributed by atoms with Crippen LogP contribution in [0.1, 0.15) is 6.92 Å². The zero-order valence-corrected chi connectivity index (χ0v) is 11.8. The Kier molecular flexibility index (Phi) is 5.72. The van der Waals surface area contributed by atoms with Gasteiger partial charge in [0.05, 0.1) is 12.7 Å². The summed E-state index contributed by atoms with van der Waals surface area (Å²) >= 11 is 0. The molecule has 2 saturated heterocycles. The van der Waals surface area contributed by atoms with Gasteiger partial charge in [0.25, 0.3) is 0 Å². The van der Waals surface area contributed by atoms with Gasteiger partial charge in [-0.2, -0.15) is 0 Å². The Bertz CT molecular complexity index is 368. The Balaban J connectivity index is 2.06. The van der Waals surface area contributed by atoms with Crippen molar-refractivity contribution in [3.63, 3.8) is 0 Å². The average molecular weight is 326 g/mol. The summed E-state index contributed by atoms with van der Waals surface area (Å²) in [5, 5.41) is 67.5. The van der Waals surface area contributed by atoms with E-state index in [1.807, 2.05) is 0 Å². The van der Waals surface area contributed by atoms with E-state index in [1.165, 1.54) is 6.92 Å². The van der Waals surface area contributed by atoms with Crippen LogP contribution in [0.3, 0.4) is 0 Å². The van der Waals surface area contributed by atoms with Gasteiger partial charge in [-0.05, 0) is 6.92 Å². The van der Waals surface area contributed by atoms with Gasteiger partial charge in [-0.1, -0.05) is 0 Å². The highest BCUT2D eigenvalue weighted by Crippen LogP contribution is 2.28. The van der Waals surface area contributed by atoms with Crippen LogP contribution in [-0.2, 0) is 14.2 Å². The highest BCUT2D eigenvalue weighted by atomic mass is 16.7. The van der Waals surface area contributed by atoms with Gasteiger partial charge in [0.15, 0.2) is 12.6 Å². The van der Waals surface area contributed by atoms with Crippen LogP contribution in [0, 0.1) is 0 Å². The van der Waals surface area contributed by atoms with Crippen LogP contribution >= 0.6 is 0 Å². The monoisotopic (exact) mass is 326 g/mol. The minimum atomic E-state index is -1.69. The molecule has 0 unspecified atom stereocenters. The van der Waals surface area contributed by atoms with Gasteiger partial charge in [0.1, 0.15) is 42.7 Å². The molecular weight excluding hydrogens is 304 g/mol. The fourth-order valence-corrected chi connectivity index (χ4v) is 2.50. The molecule has 0 amide bonds. The Hall–Kier alpha value is -0.400. The summed E-state index contributed by atoms with van der Waals surface area (Å²) in [5.41, 5.74) is 0. The lowest BCUT2D eigenvalue weighted by Gasteiger charge is -2.44. The van der Waals surface area contributed by atoms with Crippen molar-refractivity contribution < 1.29 is 50.0 Å². The van der Waals surface area contributed by atoms with Crippen molar-refractivity contribution in [2.75, 3.05) is 6.61 Å². The van der Waals surface area contributed by atoms with Gasteiger partial charge in [-0.25, -0.2) is 0 Å². The van der Waals surface area contributed by atoms with Crippen LogP contribution in [0.15, 0.2) is 0 Å². The summed E-state index contributed by atoms with van der Waals surface area (Å²) in [6.45, 7) is 0.823. The fraction of sp³-hybridized carbons (Fsp3) is 1.00. The van der Waals surface area contributed by atoms with Gasteiger partial charge < -0.3 is 50.0 Å². The van der Waals surface area contributed by atoms with E-state index in [0.29, 0.717) is 0 Å². The number of rotatable bonds is 3. The summed E-state index contributed by atoms with van der Waals surface area (Å²) in [6, 6.07) is 0. The number of aliphatic hydroxyl groups excluding tert-OH is 7. The van der Waals surface area contributed by atoms with Crippen LogP contribution in [0.25, 0.3) is 0 Å². The number of aliphatic hydroxyl groups is 7. The Morgan fingerprint density at radius 1 is 0.818 bits per heavy atom. The van der Waals surface area contributed by atoms with Crippen molar-refractivity contribution in [2.45, 2.75) is 68.3 Å². The van der Waals surface area contributed by atoms with E-state index in [4.69, 9.17) is 19.3 Å². The third-order valence-electron chi connectivity index (χ3n) is 3.94. The molecule has 0 spiro atoms. The molecule has 2 rings (SSSR count). The smallest absolute Gasteiger partial charge is 0.187 e. The third-order valence-corrected chi connectivity index (χ3v) is 3.94. The predicted octanol–water partition coefficient (Wildman–Crippen LogP) is -4.37. The lowest BCUT2D eigenvalue weighted by atomic mass is 9.97. The number of hydrogen-bond donors (Lipinski definition) is 7. The molecule has 0 aliphatic carbocycles. The predicted molar refractivity (Wildman–Crippen MR) is 67.2 cm³/mol. The Morgan fingerprint density at radius 3 is 2.05 bits per heavy atom. The van der Waals surface area contributed by atoms with Crippen molar-refractivity contribution in [3.05, 3.63) is 0 Å². The minimum Gasteiger partial charge on any atom is -0.394 e. The number of ether oxygens (including phenoxy) is 3. The van der Waals surface area contributed by atoms with Crippen molar-refractivity contribution in [1.29, 1.82) is 0 Å². The van der Waals surface area contributed by atoms with Gasteiger partial charge in [-0.3, -0.25) is 0 Å². The molecular formula is C12H22O10. The molecule has 0 radical (unpaired) electrons. The molecule has 2 heterocycles. The highest BCUT2D eigenvalue weighted by molar-refractivity contribution is 4.92. The van der Waals surface area contributed by atoms with Crippen molar-refractivity contribution in [3.8, 4) is 0 Å². The van der Waals surface area contributed by atoms with Crippen molar-refractivity contribution in [2.24, 2.45) is 0 Å². The Morgan fingerprint density at radius 2 is 1.45 bits per heavy atom. The van der Waals surface area contributed by atoms with E-state index in [2.05, 4.69) is 0 Å². The molecule has 10 nitrogen and oxygen atoms in total. The number of hydrogen-bond acceptors (Lipinski definition) is 10. The van der Waals surface area contributed by atoms with Crippen LogP contribution in [0.2, 0.25) is 0 Å². The van der Waals surface area contributed by atoms with Crippen LogP contribution in [-0.4, -0.2) is 104 Å². The second-order valence-electron chi connectivity index (χ2n) is 5.51. The van der Waals surface area contributed by atoms with Gasteiger partial charge >= 0.3 is 0 Å². The standard InChI is InChI=1S/C12H22O10/c1-3-5(14)7(16)9(18)12(20-3)22-10-8(17)6(15)4(2-13)21-11(10)19/h3-19H,2H2,1H3/t3-,4+,5-,6+,7+,8+,9-,10-,11-,12+/m1/s1. The maximum Gasteiger partial charge on any atom is 0.187 e. The average Bonchev–Trinajstić information content (AvgIpc) is 2.49. The van der Waals surface area contributed by atoms with Crippen molar-refractivity contribution >= 4 is 0 Å². The van der Waals surface area contributed by atoms with E-state index in [-0.39, 0.29) is 0 Å². The molecule has 2 aliphatic rings. The molecule has 0 aromatic rings. The lowest BCUT2D eigenvalue weighted by molar-refractivity contribution is -0.358. The van der Waals surface area contributed by atoms with Gasteiger partial charge in [0.2, 0.25) is 0 Å². The first-order chi connectivity index (χ1) is 10.3. The highest BCUT2D eigenvalue weighted by Gasteiger charge is 2.49. The molecule has 10 heteroatoms. The first kappa shape index (κ1) is 17.9. The molecule has 0 aromatic heterocycles. The largest absolute Gasteiger partial charge is 0.394 e. The van der Waals surface area contributed by atoms with E-state index < -0.39 is 68.0 Å². The minimum absolute atomic E-state index is 0.619. The summed E-state index contributed by atoms with van der Waals surface area (Å²) in [7, 11) is 0. The van der Waals surface area contributed by atoms with Gasteiger partial charge in [0, 0.05) is 0 Å². The first-order valence-electron chi connectivity index (χ1n) is 6.93. The molecule has 0 aromatic carbocycles. The Labute approximate surface area is 126 Å². The summed E-state index contributed by atoms with van der Waals surface area (Å²) in [6.07, 6.45) is -14.3. The van der Waals surface area contributed by atoms with Crippen LogP contribution in [0.5, 0.6) is 0 Å². The van der Waals surface area contributed by atoms with E-state index in [1.54, 1.807) is 0 Å². The molecule has 22 heavy (non-hydrogen) atoms. The van der Waals surface area contributed by atoms with E-state index in [0.717, 1.165) is 0 Å². The maximum atomic E-state index is 9.93. The van der Waals surface area contributed by atoms with Crippen LogP contribution in [0.4, 0.5) is 0 Å². The zero-order chi connectivity index (χ0) is 16.6. The normalized spacial score (nSPS) is 53.5. The fourth-order valence-electron chi connectivity index (χ4n) is 2.50. The summed E-state index contributed by atoms with van der Waals surface area (Å²) < 4.78 is 15.3. The molecule has 2 fully saturated rings. The molecule has 130 valence electrons. The summed E-state index contributed by atoms with van der Waals surface area (Å²) in [5.74, 6) is 0. The van der Waals surface area contributed by atoms with Gasteiger partial charge in [-0.15, -0.1) is 0 Å². The topological polar surface area (TPSA) is 169 Å². The molecule has 0 bridgehead atoms. The van der Waals surface area contributed by atoms with Crippen LogP contribution < -0.4 is 0 Å². The molecule has 10 atom stereocenters. The zero-order valence-electron chi connectivity index (χ0n) is 11.8. The molecule has 2 aliphatic heterocycles. The quantitative estimate of drug-likeness (QED) is 0.269. The molecule has 7 N–H and O–H groups in total. The lowest BCUT2D eigenvalue weighted by Crippen LogP contribution is -2.63. The SMILES string of the molecule is C[C@H]1O[C@@H](O[C@@H]2[C@@H](O)[C@@H](O)[C@H](CO)O[C@H]2O)[C@H](O)[C@@H](O)[C@@H]1O. The summed E-state index contributed by atoms with van der Waals surface area (Å²) in [4.78, 5) is 0. The maximum absolute atomic E-state index is 9.93. The van der Waals surface area contributed by atoms with E-state index in [9.17, 15) is 30.6 Å².